The molecule has 1 aromatic carbocycles. The van der Waals surface area contributed by atoms with Crippen LogP contribution in [0, 0.1) is 5.82 Å². The van der Waals surface area contributed by atoms with Crippen molar-refractivity contribution in [2.45, 2.75) is 31.7 Å². The number of rotatable bonds is 9. The number of carbonyl (C=O) groups is 2. The van der Waals surface area contributed by atoms with E-state index in [1.165, 1.54) is 23.5 Å². The monoisotopic (exact) mass is 527 g/mol. The molecule has 1 saturated heterocycles. The van der Waals surface area contributed by atoms with Crippen LogP contribution in [0.5, 0.6) is 5.88 Å². The number of carbonyl (C=O) groups excluding carboxylic acids is 2. The number of ether oxygens (including phenoxy) is 1. The number of halogens is 1. The molecule has 0 bridgehead atoms. The van der Waals surface area contributed by atoms with Crippen molar-refractivity contribution in [3.8, 4) is 16.5 Å². The van der Waals surface area contributed by atoms with Crippen LogP contribution in [0.2, 0.25) is 0 Å². The van der Waals surface area contributed by atoms with Crippen molar-refractivity contribution in [2.75, 3.05) is 42.7 Å². The van der Waals surface area contributed by atoms with Crippen LogP contribution < -0.4 is 31.7 Å². The van der Waals surface area contributed by atoms with E-state index in [0.29, 0.717) is 54.8 Å². The Morgan fingerprint density at radius 1 is 1.27 bits per heavy atom. The van der Waals surface area contributed by atoms with Gasteiger partial charge in [0.1, 0.15) is 22.1 Å². The molecule has 0 aliphatic carbocycles. The average molecular weight is 528 g/mol. The molecule has 10 nitrogen and oxygen atoms in total. The molecule has 0 spiro atoms. The lowest BCUT2D eigenvalue weighted by atomic mass is 9.86. The molecule has 37 heavy (non-hydrogen) atoms. The minimum absolute atomic E-state index is 0.0896. The summed E-state index contributed by atoms with van der Waals surface area (Å²) in [5.74, 6) is -0.945. The topological polar surface area (TPSA) is 148 Å². The number of anilines is 3. The third kappa shape index (κ3) is 5.65. The van der Waals surface area contributed by atoms with Gasteiger partial charge in [0.05, 0.1) is 23.7 Å². The molecule has 0 atom stereocenters. The molecule has 0 unspecified atom stereocenters. The standard InChI is InChI=1S/C25H30FN7O3S/c1-3-10-36-21-5-4-15(13-30-21)23-32-19(14-37-23)22(34)31-18-12-17(27)16(26)11-20(18)33-8-6-25(29-2,7-9-33)24(28)35/h4-5,11-14,29H,3,6-10,27H2,1-2H3,(H2,28,35)(H,31,34). The van der Waals surface area contributed by atoms with Gasteiger partial charge in [-0.1, -0.05) is 6.92 Å². The Balaban J connectivity index is 1.51. The number of nitrogens with zero attached hydrogens (tertiary/aromatic N) is 3. The summed E-state index contributed by atoms with van der Waals surface area (Å²) in [6.45, 7) is 3.47. The van der Waals surface area contributed by atoms with E-state index < -0.39 is 23.2 Å². The molecule has 3 heterocycles. The first-order valence-corrected chi connectivity index (χ1v) is 12.8. The minimum atomic E-state index is -0.821. The summed E-state index contributed by atoms with van der Waals surface area (Å²) in [4.78, 5) is 35.7. The number of hydrogen-bond donors (Lipinski definition) is 4. The molecule has 0 saturated carbocycles. The highest BCUT2D eigenvalue weighted by Crippen LogP contribution is 2.35. The van der Waals surface area contributed by atoms with Crippen molar-refractivity contribution in [3.63, 3.8) is 0 Å². The normalized spacial score (nSPS) is 14.8. The van der Waals surface area contributed by atoms with Crippen LogP contribution in [0.15, 0.2) is 35.8 Å². The lowest BCUT2D eigenvalue weighted by Gasteiger charge is -2.41. The SMILES string of the molecule is CCCOc1ccc(-c2nc(C(=O)Nc3cc(N)c(F)cc3N3CCC(NC)(C(N)=O)CC3)cs2)cn1. The van der Waals surface area contributed by atoms with E-state index >= 15 is 0 Å². The molecular formula is C25H30FN7O3S. The zero-order valence-electron chi connectivity index (χ0n) is 20.7. The van der Waals surface area contributed by atoms with E-state index in [1.807, 2.05) is 17.9 Å². The molecule has 4 rings (SSSR count). The molecule has 0 radical (unpaired) electrons. The van der Waals surface area contributed by atoms with Crippen LogP contribution in [0.3, 0.4) is 0 Å². The van der Waals surface area contributed by atoms with E-state index in [2.05, 4.69) is 20.6 Å². The number of piperidine rings is 1. The maximum absolute atomic E-state index is 14.4. The number of nitrogen functional groups attached to an aromatic ring is 1. The first-order valence-electron chi connectivity index (χ1n) is 11.9. The van der Waals surface area contributed by atoms with Crippen LogP contribution >= 0.6 is 11.3 Å². The highest BCUT2D eigenvalue weighted by Gasteiger charge is 2.39. The van der Waals surface area contributed by atoms with Gasteiger partial charge in [-0.25, -0.2) is 14.4 Å². The Bertz CT molecular complexity index is 1270. The summed E-state index contributed by atoms with van der Waals surface area (Å²) in [7, 11) is 1.70. The van der Waals surface area contributed by atoms with Crippen LogP contribution in [0.4, 0.5) is 21.5 Å². The molecule has 1 aliphatic heterocycles. The van der Waals surface area contributed by atoms with E-state index in [9.17, 15) is 14.0 Å². The highest BCUT2D eigenvalue weighted by molar-refractivity contribution is 7.13. The summed E-state index contributed by atoms with van der Waals surface area (Å²) in [6, 6.07) is 6.29. The number of hydrogen-bond acceptors (Lipinski definition) is 9. The number of thiazole rings is 1. The van der Waals surface area contributed by atoms with Crippen LogP contribution in [0.1, 0.15) is 36.7 Å². The van der Waals surface area contributed by atoms with Gasteiger partial charge in [0.25, 0.3) is 5.91 Å². The Kier molecular flexibility index (Phi) is 7.89. The predicted molar refractivity (Wildman–Crippen MR) is 142 cm³/mol. The Labute approximate surface area is 218 Å². The van der Waals surface area contributed by atoms with Crippen molar-refractivity contribution in [1.82, 2.24) is 15.3 Å². The molecule has 196 valence electrons. The van der Waals surface area contributed by atoms with E-state index in [4.69, 9.17) is 16.2 Å². The maximum Gasteiger partial charge on any atom is 0.275 e. The number of amides is 2. The Morgan fingerprint density at radius 3 is 2.65 bits per heavy atom. The maximum atomic E-state index is 14.4. The largest absolute Gasteiger partial charge is 0.478 e. The summed E-state index contributed by atoms with van der Waals surface area (Å²) in [6.07, 6.45) is 3.41. The molecule has 2 amide bonds. The summed E-state index contributed by atoms with van der Waals surface area (Å²) in [5, 5.41) is 8.12. The lowest BCUT2D eigenvalue weighted by molar-refractivity contribution is -0.125. The first-order chi connectivity index (χ1) is 17.8. The molecule has 1 fully saturated rings. The third-order valence-corrected chi connectivity index (χ3v) is 7.34. The number of nitrogens with one attached hydrogen (secondary N) is 2. The molecule has 2 aromatic heterocycles. The lowest BCUT2D eigenvalue weighted by Crippen LogP contribution is -2.59. The highest BCUT2D eigenvalue weighted by atomic mass is 32.1. The molecule has 12 heteroatoms. The fourth-order valence-corrected chi connectivity index (χ4v) is 4.98. The van der Waals surface area contributed by atoms with E-state index in [1.54, 1.807) is 24.7 Å². The number of nitrogens with two attached hydrogens (primary N) is 2. The third-order valence-electron chi connectivity index (χ3n) is 6.45. The van der Waals surface area contributed by atoms with E-state index in [0.717, 1.165) is 12.0 Å². The zero-order valence-corrected chi connectivity index (χ0v) is 21.5. The number of primary amides is 1. The van der Waals surface area contributed by atoms with Gasteiger partial charge in [-0.2, -0.15) is 0 Å². The number of benzene rings is 1. The van der Waals surface area contributed by atoms with Crippen LogP contribution in [-0.2, 0) is 4.79 Å². The quantitative estimate of drug-likeness (QED) is 0.310. The summed E-state index contributed by atoms with van der Waals surface area (Å²) >= 11 is 1.31. The average Bonchev–Trinajstić information content (AvgIpc) is 3.40. The number of likely N-dealkylation sites (N-methyl/N-ethyl adjacent to an activating group) is 1. The predicted octanol–water partition coefficient (Wildman–Crippen LogP) is 3.01. The second-order valence-corrected chi connectivity index (χ2v) is 9.66. The van der Waals surface area contributed by atoms with E-state index in [-0.39, 0.29) is 11.4 Å². The fraction of sp³-hybridized carbons (Fsp3) is 0.360. The van der Waals surface area contributed by atoms with Gasteiger partial charge < -0.3 is 31.7 Å². The minimum Gasteiger partial charge on any atom is -0.478 e. The van der Waals surface area contributed by atoms with Crippen molar-refractivity contribution in [3.05, 3.63) is 47.4 Å². The number of pyridine rings is 1. The van der Waals surface area contributed by atoms with Crippen LogP contribution in [-0.4, -0.2) is 54.1 Å². The second kappa shape index (κ2) is 11.1. The Hall–Kier alpha value is -3.77. The number of aromatic nitrogens is 2. The Morgan fingerprint density at radius 2 is 2.03 bits per heavy atom. The second-order valence-electron chi connectivity index (χ2n) is 8.80. The van der Waals surface area contributed by atoms with Crippen molar-refractivity contribution < 1.29 is 18.7 Å². The van der Waals surface area contributed by atoms with Crippen LogP contribution in [0.25, 0.3) is 10.6 Å². The van der Waals surface area contributed by atoms with Crippen molar-refractivity contribution in [2.24, 2.45) is 5.73 Å². The smallest absolute Gasteiger partial charge is 0.275 e. The van der Waals surface area contributed by atoms with Crippen molar-refractivity contribution >= 4 is 40.2 Å². The molecule has 6 N–H and O–H groups in total. The summed E-state index contributed by atoms with van der Waals surface area (Å²) < 4.78 is 19.9. The first kappa shape index (κ1) is 26.3. The van der Waals surface area contributed by atoms with Gasteiger partial charge >= 0.3 is 0 Å². The summed E-state index contributed by atoms with van der Waals surface area (Å²) in [5.41, 5.74) is 12.3. The van der Waals surface area contributed by atoms with Crippen molar-refractivity contribution in [1.29, 1.82) is 0 Å². The molecule has 3 aromatic rings. The van der Waals surface area contributed by atoms with Gasteiger partial charge in [-0.05, 0) is 38.4 Å². The van der Waals surface area contributed by atoms with Gasteiger partial charge in [0, 0.05) is 42.4 Å². The zero-order chi connectivity index (χ0) is 26.6. The van der Waals surface area contributed by atoms with Gasteiger partial charge in [0.2, 0.25) is 11.8 Å². The molecule has 1 aliphatic rings. The molecular weight excluding hydrogens is 497 g/mol. The van der Waals surface area contributed by atoms with Gasteiger partial charge in [0.15, 0.2) is 0 Å². The van der Waals surface area contributed by atoms with Gasteiger partial charge in [-0.15, -0.1) is 11.3 Å². The van der Waals surface area contributed by atoms with Gasteiger partial charge in [-0.3, -0.25) is 9.59 Å². The fourth-order valence-electron chi connectivity index (χ4n) is 4.19.